The fourth-order valence-electron chi connectivity index (χ4n) is 2.38. The Labute approximate surface area is 139 Å². The molecule has 1 unspecified atom stereocenters. The Kier molecular flexibility index (Phi) is 6.41. The minimum Gasteiger partial charge on any atom is -0.481 e. The lowest BCUT2D eigenvalue weighted by molar-refractivity contribution is -0.137. The van der Waals surface area contributed by atoms with Crippen LogP contribution in [0.3, 0.4) is 0 Å². The maximum atomic E-state index is 12.6. The minimum atomic E-state index is -0.826. The second kappa shape index (κ2) is 8.76. The number of nitrogens with zero attached hydrogens (tertiary/aromatic N) is 4. The SMILES string of the molecule is Cc1nnnn1C(Cc1ccccc1)C(=O)NCCCCC(=O)O. The molecule has 0 spiro atoms. The minimum absolute atomic E-state index is 0.107. The summed E-state index contributed by atoms with van der Waals surface area (Å²) in [6.45, 7) is 2.18. The fourth-order valence-corrected chi connectivity index (χ4v) is 2.38. The Morgan fingerprint density at radius 1 is 1.25 bits per heavy atom. The molecule has 0 saturated heterocycles. The number of carbonyl (C=O) groups is 2. The number of amides is 1. The molecule has 1 aromatic heterocycles. The van der Waals surface area contributed by atoms with Crippen LogP contribution in [0, 0.1) is 6.92 Å². The standard InChI is InChI=1S/C16H21N5O3/c1-12-18-19-20-21(12)14(11-13-7-3-2-4-8-13)16(24)17-10-6-5-9-15(22)23/h2-4,7-8,14H,5-6,9-11H2,1H3,(H,17,24)(H,22,23). The van der Waals surface area contributed by atoms with Crippen molar-refractivity contribution < 1.29 is 14.7 Å². The molecule has 2 rings (SSSR count). The zero-order chi connectivity index (χ0) is 17.4. The molecular weight excluding hydrogens is 310 g/mol. The van der Waals surface area contributed by atoms with E-state index in [-0.39, 0.29) is 12.3 Å². The molecule has 1 amide bonds. The third kappa shape index (κ3) is 5.15. The summed E-state index contributed by atoms with van der Waals surface area (Å²) in [6.07, 6.45) is 1.73. The summed E-state index contributed by atoms with van der Waals surface area (Å²) in [7, 11) is 0. The van der Waals surface area contributed by atoms with Crippen LogP contribution in [0.15, 0.2) is 30.3 Å². The first-order chi connectivity index (χ1) is 11.6. The number of carboxylic acid groups (broad SMARTS) is 1. The molecule has 0 aliphatic carbocycles. The molecule has 0 bridgehead atoms. The van der Waals surface area contributed by atoms with Crippen LogP contribution >= 0.6 is 0 Å². The summed E-state index contributed by atoms with van der Waals surface area (Å²) in [4.78, 5) is 23.0. The van der Waals surface area contributed by atoms with Gasteiger partial charge in [0.15, 0.2) is 0 Å². The Bertz CT molecular complexity index is 671. The number of carbonyl (C=O) groups excluding carboxylic acids is 1. The van der Waals surface area contributed by atoms with Crippen molar-refractivity contribution in [3.63, 3.8) is 0 Å². The molecule has 2 aromatic rings. The maximum absolute atomic E-state index is 12.6. The van der Waals surface area contributed by atoms with E-state index >= 15 is 0 Å². The summed E-state index contributed by atoms with van der Waals surface area (Å²) >= 11 is 0. The first kappa shape index (κ1) is 17.6. The summed E-state index contributed by atoms with van der Waals surface area (Å²) in [5.74, 6) is -0.436. The Morgan fingerprint density at radius 2 is 2.00 bits per heavy atom. The average molecular weight is 331 g/mol. The van der Waals surface area contributed by atoms with Crippen LogP contribution < -0.4 is 5.32 Å². The van der Waals surface area contributed by atoms with Gasteiger partial charge in [-0.15, -0.1) is 5.10 Å². The van der Waals surface area contributed by atoms with Gasteiger partial charge in [-0.3, -0.25) is 9.59 Å². The number of aromatic nitrogens is 4. The number of hydrogen-bond donors (Lipinski definition) is 2. The van der Waals surface area contributed by atoms with Crippen LogP contribution in [-0.4, -0.2) is 43.7 Å². The highest BCUT2D eigenvalue weighted by Gasteiger charge is 2.23. The topological polar surface area (TPSA) is 110 Å². The first-order valence-corrected chi connectivity index (χ1v) is 7.86. The molecule has 2 N–H and O–H groups in total. The largest absolute Gasteiger partial charge is 0.481 e. The molecule has 1 aromatic carbocycles. The Balaban J connectivity index is 1.99. The van der Waals surface area contributed by atoms with Gasteiger partial charge in [0, 0.05) is 19.4 Å². The lowest BCUT2D eigenvalue weighted by atomic mass is 10.1. The second-order valence-electron chi connectivity index (χ2n) is 5.52. The summed E-state index contributed by atoms with van der Waals surface area (Å²) in [5, 5.41) is 22.8. The van der Waals surface area contributed by atoms with Gasteiger partial charge in [-0.2, -0.15) is 0 Å². The highest BCUT2D eigenvalue weighted by atomic mass is 16.4. The molecule has 8 heteroatoms. The van der Waals surface area contributed by atoms with Gasteiger partial charge in [0.1, 0.15) is 11.9 Å². The lowest BCUT2D eigenvalue weighted by Crippen LogP contribution is -2.35. The van der Waals surface area contributed by atoms with Crippen molar-refractivity contribution in [3.05, 3.63) is 41.7 Å². The predicted octanol–water partition coefficient (Wildman–Crippen LogP) is 1.14. The van der Waals surface area contributed by atoms with E-state index in [4.69, 9.17) is 5.11 Å². The number of aliphatic carboxylic acids is 1. The number of carboxylic acids is 1. The third-order valence-electron chi connectivity index (χ3n) is 3.64. The van der Waals surface area contributed by atoms with Crippen molar-refractivity contribution in [1.82, 2.24) is 25.5 Å². The Hall–Kier alpha value is -2.77. The van der Waals surface area contributed by atoms with Crippen molar-refractivity contribution in [1.29, 1.82) is 0 Å². The van der Waals surface area contributed by atoms with E-state index in [1.165, 1.54) is 4.68 Å². The van der Waals surface area contributed by atoms with Gasteiger partial charge in [-0.25, -0.2) is 4.68 Å². The van der Waals surface area contributed by atoms with Crippen molar-refractivity contribution >= 4 is 11.9 Å². The van der Waals surface area contributed by atoms with Crippen molar-refractivity contribution in [2.75, 3.05) is 6.54 Å². The molecule has 0 fully saturated rings. The molecule has 0 radical (unpaired) electrons. The molecule has 0 aliphatic rings. The molecule has 128 valence electrons. The van der Waals surface area contributed by atoms with Crippen LogP contribution in [0.4, 0.5) is 0 Å². The average Bonchev–Trinajstić information content (AvgIpc) is 2.98. The van der Waals surface area contributed by atoms with Crippen molar-refractivity contribution in [3.8, 4) is 0 Å². The van der Waals surface area contributed by atoms with Gasteiger partial charge >= 0.3 is 5.97 Å². The zero-order valence-corrected chi connectivity index (χ0v) is 13.6. The van der Waals surface area contributed by atoms with Crippen LogP contribution in [0.1, 0.15) is 36.7 Å². The van der Waals surface area contributed by atoms with E-state index in [1.54, 1.807) is 6.92 Å². The Morgan fingerprint density at radius 3 is 2.62 bits per heavy atom. The van der Waals surface area contributed by atoms with Gasteiger partial charge in [0.2, 0.25) is 5.91 Å². The molecule has 0 saturated carbocycles. The molecule has 24 heavy (non-hydrogen) atoms. The van der Waals surface area contributed by atoms with Crippen LogP contribution in [0.5, 0.6) is 0 Å². The smallest absolute Gasteiger partial charge is 0.303 e. The monoisotopic (exact) mass is 331 g/mol. The van der Waals surface area contributed by atoms with Crippen molar-refractivity contribution in [2.24, 2.45) is 0 Å². The van der Waals surface area contributed by atoms with E-state index in [2.05, 4.69) is 20.8 Å². The number of nitrogens with one attached hydrogen (secondary N) is 1. The number of hydrogen-bond acceptors (Lipinski definition) is 5. The normalized spacial score (nSPS) is 11.9. The number of tetrazole rings is 1. The fraction of sp³-hybridized carbons (Fsp3) is 0.438. The maximum Gasteiger partial charge on any atom is 0.303 e. The van der Waals surface area contributed by atoms with Gasteiger partial charge < -0.3 is 10.4 Å². The number of benzene rings is 1. The zero-order valence-electron chi connectivity index (χ0n) is 13.6. The van der Waals surface area contributed by atoms with Crippen LogP contribution in [0.25, 0.3) is 0 Å². The molecule has 8 nitrogen and oxygen atoms in total. The van der Waals surface area contributed by atoms with Crippen LogP contribution in [0.2, 0.25) is 0 Å². The van der Waals surface area contributed by atoms with E-state index in [0.29, 0.717) is 31.6 Å². The number of rotatable bonds is 9. The van der Waals surface area contributed by atoms with E-state index in [1.807, 2.05) is 30.3 Å². The lowest BCUT2D eigenvalue weighted by Gasteiger charge is -2.17. The molecule has 1 atom stereocenters. The van der Waals surface area contributed by atoms with Crippen molar-refractivity contribution in [2.45, 2.75) is 38.6 Å². The molecule has 1 heterocycles. The van der Waals surface area contributed by atoms with Gasteiger partial charge in [0.25, 0.3) is 0 Å². The first-order valence-electron chi connectivity index (χ1n) is 7.86. The van der Waals surface area contributed by atoms with E-state index in [0.717, 1.165) is 5.56 Å². The highest BCUT2D eigenvalue weighted by Crippen LogP contribution is 2.15. The summed E-state index contributed by atoms with van der Waals surface area (Å²) < 4.78 is 1.51. The molecule has 0 aliphatic heterocycles. The molecular formula is C16H21N5O3. The number of unbranched alkanes of at least 4 members (excludes halogenated alkanes) is 1. The van der Waals surface area contributed by atoms with E-state index in [9.17, 15) is 9.59 Å². The number of aryl methyl sites for hydroxylation is 1. The summed E-state index contributed by atoms with van der Waals surface area (Å²) in [5.41, 5.74) is 1.01. The van der Waals surface area contributed by atoms with Gasteiger partial charge in [0.05, 0.1) is 0 Å². The quantitative estimate of drug-likeness (QED) is 0.667. The van der Waals surface area contributed by atoms with Gasteiger partial charge in [-0.05, 0) is 35.8 Å². The highest BCUT2D eigenvalue weighted by molar-refractivity contribution is 5.80. The van der Waals surface area contributed by atoms with Crippen LogP contribution in [-0.2, 0) is 16.0 Å². The predicted molar refractivity (Wildman–Crippen MR) is 86.2 cm³/mol. The van der Waals surface area contributed by atoms with E-state index < -0.39 is 12.0 Å². The van der Waals surface area contributed by atoms with Gasteiger partial charge in [-0.1, -0.05) is 30.3 Å². The summed E-state index contributed by atoms with van der Waals surface area (Å²) in [6, 6.07) is 9.12. The second-order valence-corrected chi connectivity index (χ2v) is 5.52. The third-order valence-corrected chi connectivity index (χ3v) is 3.64.